The maximum Gasteiger partial charge on any atom is 0.314 e. The first-order valence-electron chi connectivity index (χ1n) is 6.39. The van der Waals surface area contributed by atoms with Crippen molar-refractivity contribution in [2.24, 2.45) is 5.92 Å². The number of carbonyl (C=O) groups is 2. The van der Waals surface area contributed by atoms with Crippen LogP contribution >= 0.6 is 0 Å². The van der Waals surface area contributed by atoms with Gasteiger partial charge in [-0.15, -0.1) is 0 Å². The number of carboxylic acids is 1. The zero-order valence-electron chi connectivity index (χ0n) is 11.9. The summed E-state index contributed by atoms with van der Waals surface area (Å²) in [6, 6.07) is -0.266. The van der Waals surface area contributed by atoms with E-state index in [0.717, 1.165) is 13.1 Å². The summed E-state index contributed by atoms with van der Waals surface area (Å²) in [4.78, 5) is 24.0. The van der Waals surface area contributed by atoms with E-state index in [1.807, 2.05) is 7.05 Å². The number of nitrogens with zero attached hydrogens (tertiary/aromatic N) is 1. The normalized spacial score (nSPS) is 12.2. The number of aliphatic carboxylic acids is 1. The summed E-state index contributed by atoms with van der Waals surface area (Å²) in [5.74, 6) is -1.29. The first-order valence-corrected chi connectivity index (χ1v) is 6.39. The molecular formula is C12H25N3O4. The Balaban J connectivity index is 3.52. The predicted molar refractivity (Wildman–Crippen MR) is 72.2 cm³/mol. The van der Waals surface area contributed by atoms with Crippen LogP contribution in [0, 0.1) is 5.92 Å². The van der Waals surface area contributed by atoms with Crippen molar-refractivity contribution in [1.29, 1.82) is 0 Å². The molecule has 0 radical (unpaired) electrons. The van der Waals surface area contributed by atoms with Crippen LogP contribution in [-0.4, -0.2) is 69.0 Å². The molecule has 0 aliphatic rings. The van der Waals surface area contributed by atoms with E-state index in [9.17, 15) is 9.59 Å². The van der Waals surface area contributed by atoms with Crippen LogP contribution in [0.2, 0.25) is 0 Å². The summed E-state index contributed by atoms with van der Waals surface area (Å²) in [5, 5.41) is 14.0. The summed E-state index contributed by atoms with van der Waals surface area (Å²) in [5.41, 5.74) is 0. The quantitative estimate of drug-likeness (QED) is 0.521. The molecule has 0 spiro atoms. The van der Waals surface area contributed by atoms with E-state index in [1.54, 1.807) is 14.0 Å². The van der Waals surface area contributed by atoms with Crippen LogP contribution in [0.15, 0.2) is 0 Å². The van der Waals surface area contributed by atoms with Crippen molar-refractivity contribution in [3.63, 3.8) is 0 Å². The van der Waals surface area contributed by atoms with Crippen molar-refractivity contribution < 1.29 is 19.4 Å². The Labute approximate surface area is 114 Å². The fourth-order valence-corrected chi connectivity index (χ4v) is 1.31. The van der Waals surface area contributed by atoms with Crippen molar-refractivity contribution in [3.8, 4) is 0 Å². The standard InChI is InChI=1S/C12H25N3O4/c1-10(11(16)17)4-5-13-12(18)14-6-7-15(2)8-9-19-3/h10H,4-9H2,1-3H3,(H,16,17)(H2,13,14,18). The molecule has 0 aromatic heterocycles. The van der Waals surface area contributed by atoms with Gasteiger partial charge in [0.1, 0.15) is 0 Å². The van der Waals surface area contributed by atoms with E-state index in [-0.39, 0.29) is 6.03 Å². The minimum absolute atomic E-state index is 0.266. The van der Waals surface area contributed by atoms with E-state index in [2.05, 4.69) is 15.5 Å². The first-order chi connectivity index (χ1) is 8.97. The molecule has 7 nitrogen and oxygen atoms in total. The number of amides is 2. The molecule has 2 amide bonds. The third-order valence-corrected chi connectivity index (χ3v) is 2.74. The van der Waals surface area contributed by atoms with Crippen LogP contribution in [0.4, 0.5) is 4.79 Å². The fourth-order valence-electron chi connectivity index (χ4n) is 1.31. The summed E-state index contributed by atoms with van der Waals surface area (Å²) < 4.78 is 4.95. The molecule has 3 N–H and O–H groups in total. The lowest BCUT2D eigenvalue weighted by molar-refractivity contribution is -0.141. The van der Waals surface area contributed by atoms with Gasteiger partial charge in [-0.25, -0.2) is 4.79 Å². The van der Waals surface area contributed by atoms with Crippen molar-refractivity contribution in [2.75, 3.05) is 46.9 Å². The summed E-state index contributed by atoms with van der Waals surface area (Å²) in [6.07, 6.45) is 0.427. The maximum atomic E-state index is 11.4. The Bertz CT molecular complexity index is 274. The van der Waals surface area contributed by atoms with Gasteiger partial charge in [0, 0.05) is 33.3 Å². The minimum Gasteiger partial charge on any atom is -0.481 e. The molecule has 0 fully saturated rings. The molecule has 0 aliphatic heterocycles. The van der Waals surface area contributed by atoms with Crippen LogP contribution < -0.4 is 10.6 Å². The highest BCUT2D eigenvalue weighted by Gasteiger charge is 2.10. The Morgan fingerprint density at radius 3 is 2.47 bits per heavy atom. The molecule has 0 aliphatic carbocycles. The SMILES string of the molecule is COCCN(C)CCNC(=O)NCCC(C)C(=O)O. The number of hydrogen-bond donors (Lipinski definition) is 3. The number of likely N-dealkylation sites (N-methyl/N-ethyl adjacent to an activating group) is 1. The number of methoxy groups -OCH3 is 1. The van der Waals surface area contributed by atoms with Gasteiger partial charge in [-0.05, 0) is 13.5 Å². The Morgan fingerprint density at radius 1 is 1.26 bits per heavy atom. The van der Waals surface area contributed by atoms with Gasteiger partial charge in [0.15, 0.2) is 0 Å². The second-order valence-electron chi connectivity index (χ2n) is 4.51. The highest BCUT2D eigenvalue weighted by molar-refractivity contribution is 5.74. The molecule has 0 bridgehead atoms. The molecule has 19 heavy (non-hydrogen) atoms. The fraction of sp³-hybridized carbons (Fsp3) is 0.833. The van der Waals surface area contributed by atoms with Gasteiger partial charge in [0.05, 0.1) is 12.5 Å². The van der Waals surface area contributed by atoms with Crippen molar-refractivity contribution in [2.45, 2.75) is 13.3 Å². The number of nitrogens with one attached hydrogen (secondary N) is 2. The lowest BCUT2D eigenvalue weighted by Crippen LogP contribution is -2.40. The number of carboxylic acid groups (broad SMARTS) is 1. The van der Waals surface area contributed by atoms with E-state index in [1.165, 1.54) is 0 Å². The molecule has 1 atom stereocenters. The summed E-state index contributed by atoms with van der Waals surface area (Å²) in [6.45, 7) is 4.74. The molecule has 0 aromatic rings. The molecule has 0 rings (SSSR count). The van der Waals surface area contributed by atoms with Gasteiger partial charge in [-0.3, -0.25) is 4.79 Å². The Morgan fingerprint density at radius 2 is 1.89 bits per heavy atom. The maximum absolute atomic E-state index is 11.4. The van der Waals surface area contributed by atoms with Gasteiger partial charge >= 0.3 is 12.0 Å². The number of rotatable bonds is 10. The van der Waals surface area contributed by atoms with E-state index in [4.69, 9.17) is 9.84 Å². The number of hydrogen-bond acceptors (Lipinski definition) is 4. The predicted octanol–water partition coefficient (Wildman–Crippen LogP) is -0.0254. The highest BCUT2D eigenvalue weighted by Crippen LogP contribution is 1.99. The van der Waals surface area contributed by atoms with Crippen molar-refractivity contribution in [3.05, 3.63) is 0 Å². The highest BCUT2D eigenvalue weighted by atomic mass is 16.5. The average molecular weight is 275 g/mol. The van der Waals surface area contributed by atoms with Gasteiger partial charge < -0.3 is 25.4 Å². The van der Waals surface area contributed by atoms with Gasteiger partial charge in [0.2, 0.25) is 0 Å². The van der Waals surface area contributed by atoms with Crippen LogP contribution in [0.3, 0.4) is 0 Å². The first kappa shape index (κ1) is 17.7. The van der Waals surface area contributed by atoms with E-state index >= 15 is 0 Å². The largest absolute Gasteiger partial charge is 0.481 e. The number of ether oxygens (including phenoxy) is 1. The molecule has 1 unspecified atom stereocenters. The summed E-state index contributed by atoms with van der Waals surface area (Å²) >= 11 is 0. The molecule has 0 heterocycles. The third kappa shape index (κ3) is 10.3. The lowest BCUT2D eigenvalue weighted by atomic mass is 10.1. The molecule has 0 saturated carbocycles. The monoisotopic (exact) mass is 275 g/mol. The second-order valence-corrected chi connectivity index (χ2v) is 4.51. The lowest BCUT2D eigenvalue weighted by Gasteiger charge is -2.16. The van der Waals surface area contributed by atoms with Crippen LogP contribution in [-0.2, 0) is 9.53 Å². The summed E-state index contributed by atoms with van der Waals surface area (Å²) in [7, 11) is 3.60. The van der Waals surface area contributed by atoms with Gasteiger partial charge in [-0.2, -0.15) is 0 Å². The third-order valence-electron chi connectivity index (χ3n) is 2.74. The van der Waals surface area contributed by atoms with Crippen molar-refractivity contribution >= 4 is 12.0 Å². The van der Waals surface area contributed by atoms with Crippen molar-refractivity contribution in [1.82, 2.24) is 15.5 Å². The number of carbonyl (C=O) groups excluding carboxylic acids is 1. The van der Waals surface area contributed by atoms with Gasteiger partial charge in [-0.1, -0.05) is 6.92 Å². The second kappa shape index (κ2) is 10.6. The molecule has 0 saturated heterocycles. The minimum atomic E-state index is -0.845. The zero-order chi connectivity index (χ0) is 14.7. The molecule has 0 aromatic carbocycles. The Hall–Kier alpha value is -1.34. The average Bonchev–Trinajstić information content (AvgIpc) is 2.36. The van der Waals surface area contributed by atoms with E-state index in [0.29, 0.717) is 26.1 Å². The molecule has 112 valence electrons. The molecule has 7 heteroatoms. The van der Waals surface area contributed by atoms with E-state index < -0.39 is 11.9 Å². The van der Waals surface area contributed by atoms with Gasteiger partial charge in [0.25, 0.3) is 0 Å². The number of urea groups is 1. The molecular weight excluding hydrogens is 250 g/mol. The van der Waals surface area contributed by atoms with Crippen LogP contribution in [0.25, 0.3) is 0 Å². The topological polar surface area (TPSA) is 90.9 Å². The smallest absolute Gasteiger partial charge is 0.314 e. The van der Waals surface area contributed by atoms with Crippen LogP contribution in [0.5, 0.6) is 0 Å². The Kier molecular flexibility index (Phi) is 9.82. The van der Waals surface area contributed by atoms with Crippen LogP contribution in [0.1, 0.15) is 13.3 Å². The zero-order valence-corrected chi connectivity index (χ0v) is 11.9.